The van der Waals surface area contributed by atoms with Gasteiger partial charge in [-0.25, -0.2) is 0 Å². The molecule has 4 nitrogen and oxygen atoms in total. The molecule has 2 atom stereocenters. The average Bonchev–Trinajstić information content (AvgIpc) is 3.35. The maximum atomic E-state index is 12.6. The highest BCUT2D eigenvalue weighted by Gasteiger charge is 2.39. The largest absolute Gasteiger partial charge is 0.349 e. The summed E-state index contributed by atoms with van der Waals surface area (Å²) >= 11 is 0. The Labute approximate surface area is 133 Å². The zero-order chi connectivity index (χ0) is 15.8. The van der Waals surface area contributed by atoms with Crippen LogP contribution in [0.4, 0.5) is 0 Å². The number of fused-ring (bicyclic) bond motifs is 1. The highest BCUT2D eigenvalue weighted by atomic mass is 16.2. The van der Waals surface area contributed by atoms with Gasteiger partial charge in [0.05, 0.1) is 5.56 Å². The Morgan fingerprint density at radius 2 is 1.70 bits per heavy atom. The summed E-state index contributed by atoms with van der Waals surface area (Å²) in [5.41, 5.74) is 1.59. The van der Waals surface area contributed by atoms with Gasteiger partial charge in [-0.2, -0.15) is 0 Å². The molecule has 3 aromatic rings. The molecule has 4 rings (SSSR count). The van der Waals surface area contributed by atoms with Gasteiger partial charge in [0.1, 0.15) is 0 Å². The highest BCUT2D eigenvalue weighted by Crippen LogP contribution is 2.40. The Bertz CT molecular complexity index is 931. The van der Waals surface area contributed by atoms with E-state index in [1.807, 2.05) is 24.3 Å². The Kier molecular flexibility index (Phi) is 3.23. The quantitative estimate of drug-likeness (QED) is 0.781. The van der Waals surface area contributed by atoms with Gasteiger partial charge in [0.15, 0.2) is 0 Å². The Morgan fingerprint density at radius 3 is 2.48 bits per heavy atom. The molecule has 0 aliphatic heterocycles. The molecule has 1 aromatic heterocycles. The van der Waals surface area contributed by atoms with Crippen LogP contribution in [0.15, 0.2) is 65.6 Å². The maximum absolute atomic E-state index is 12.6. The van der Waals surface area contributed by atoms with E-state index in [9.17, 15) is 9.59 Å². The van der Waals surface area contributed by atoms with Crippen molar-refractivity contribution in [3.05, 3.63) is 82.3 Å². The summed E-state index contributed by atoms with van der Waals surface area (Å²) in [6.45, 7) is 0. The molecule has 1 fully saturated rings. The summed E-state index contributed by atoms with van der Waals surface area (Å²) < 4.78 is 0. The molecule has 2 aromatic carbocycles. The third-order valence-electron chi connectivity index (χ3n) is 4.39. The Balaban J connectivity index is 1.57. The van der Waals surface area contributed by atoms with Crippen molar-refractivity contribution in [3.8, 4) is 0 Å². The van der Waals surface area contributed by atoms with Crippen LogP contribution in [0.2, 0.25) is 0 Å². The van der Waals surface area contributed by atoms with Crippen LogP contribution in [0.5, 0.6) is 0 Å². The summed E-state index contributed by atoms with van der Waals surface area (Å²) in [6, 6.07) is 17.5. The molecular formula is C19H16N2O2. The predicted molar refractivity (Wildman–Crippen MR) is 89.6 cm³/mol. The van der Waals surface area contributed by atoms with E-state index in [0.717, 1.165) is 6.42 Å². The van der Waals surface area contributed by atoms with E-state index in [0.29, 0.717) is 22.3 Å². The van der Waals surface area contributed by atoms with Gasteiger partial charge in [-0.3, -0.25) is 9.59 Å². The second-order valence-electron chi connectivity index (χ2n) is 5.91. The molecule has 1 heterocycles. The van der Waals surface area contributed by atoms with Crippen molar-refractivity contribution in [3.63, 3.8) is 0 Å². The number of aromatic amines is 1. The molecule has 1 aliphatic carbocycles. The van der Waals surface area contributed by atoms with E-state index in [1.54, 1.807) is 18.2 Å². The fourth-order valence-corrected chi connectivity index (χ4v) is 3.07. The molecule has 2 N–H and O–H groups in total. The zero-order valence-electron chi connectivity index (χ0n) is 12.5. The second kappa shape index (κ2) is 5.39. The van der Waals surface area contributed by atoms with Gasteiger partial charge in [-0.05, 0) is 18.1 Å². The number of nitrogens with one attached hydrogen (secondary N) is 2. The lowest BCUT2D eigenvalue weighted by atomic mass is 10.1. The van der Waals surface area contributed by atoms with Crippen LogP contribution in [0, 0.1) is 0 Å². The number of rotatable bonds is 3. The number of benzene rings is 2. The minimum atomic E-state index is -0.175. The van der Waals surface area contributed by atoms with Gasteiger partial charge in [0.2, 0.25) is 0 Å². The first-order chi connectivity index (χ1) is 11.2. The monoisotopic (exact) mass is 304 g/mol. The van der Waals surface area contributed by atoms with Crippen molar-refractivity contribution >= 4 is 16.7 Å². The molecule has 1 saturated carbocycles. The first-order valence-corrected chi connectivity index (χ1v) is 7.70. The van der Waals surface area contributed by atoms with Gasteiger partial charge in [-0.15, -0.1) is 0 Å². The third-order valence-corrected chi connectivity index (χ3v) is 4.39. The number of aromatic nitrogens is 1. The smallest absolute Gasteiger partial charge is 0.255 e. The van der Waals surface area contributed by atoms with E-state index in [4.69, 9.17) is 0 Å². The Hall–Kier alpha value is -2.88. The lowest BCUT2D eigenvalue weighted by Gasteiger charge is -2.07. The summed E-state index contributed by atoms with van der Waals surface area (Å²) in [5.74, 6) is 0.245. The molecule has 0 radical (unpaired) electrons. The summed E-state index contributed by atoms with van der Waals surface area (Å²) in [5, 5.41) is 4.29. The molecule has 114 valence electrons. The van der Waals surface area contributed by atoms with Gasteiger partial charge < -0.3 is 10.3 Å². The fourth-order valence-electron chi connectivity index (χ4n) is 3.07. The normalized spacial score (nSPS) is 19.5. The van der Waals surface area contributed by atoms with Crippen LogP contribution in [-0.2, 0) is 0 Å². The number of hydrogen-bond acceptors (Lipinski definition) is 2. The van der Waals surface area contributed by atoms with Crippen LogP contribution in [0.3, 0.4) is 0 Å². The molecule has 0 saturated heterocycles. The number of carbonyl (C=O) groups is 1. The molecule has 4 heteroatoms. The minimum Gasteiger partial charge on any atom is -0.349 e. The fraction of sp³-hybridized carbons (Fsp3) is 0.158. The van der Waals surface area contributed by atoms with Crippen LogP contribution >= 0.6 is 0 Å². The van der Waals surface area contributed by atoms with Gasteiger partial charge in [0, 0.05) is 28.9 Å². The van der Waals surface area contributed by atoms with Crippen molar-refractivity contribution in [2.75, 3.05) is 0 Å². The van der Waals surface area contributed by atoms with Crippen molar-refractivity contribution < 1.29 is 4.79 Å². The first-order valence-electron chi connectivity index (χ1n) is 7.70. The second-order valence-corrected chi connectivity index (χ2v) is 5.91. The van der Waals surface area contributed by atoms with Crippen LogP contribution in [0.25, 0.3) is 10.8 Å². The zero-order valence-corrected chi connectivity index (χ0v) is 12.5. The number of amides is 1. The number of carbonyl (C=O) groups excluding carboxylic acids is 1. The van der Waals surface area contributed by atoms with Crippen LogP contribution in [0.1, 0.15) is 28.3 Å². The molecule has 23 heavy (non-hydrogen) atoms. The molecule has 1 amide bonds. The number of H-pyrrole nitrogens is 1. The van der Waals surface area contributed by atoms with Crippen LogP contribution in [-0.4, -0.2) is 16.9 Å². The molecular weight excluding hydrogens is 288 g/mol. The Morgan fingerprint density at radius 1 is 1.00 bits per heavy atom. The van der Waals surface area contributed by atoms with E-state index < -0.39 is 0 Å². The molecule has 0 bridgehead atoms. The standard InChI is InChI=1S/C19H16N2O2/c22-18-14-9-5-4-8-13(14)16(11-20-18)19(23)21-17-10-15(17)12-6-2-1-3-7-12/h1-9,11,15,17H,10H2,(H,20,22)(H,21,23)/t15-,17+/m0/s1. The lowest BCUT2D eigenvalue weighted by Crippen LogP contribution is -2.27. The van der Waals surface area contributed by atoms with E-state index in [-0.39, 0.29) is 17.5 Å². The molecule has 0 spiro atoms. The minimum absolute atomic E-state index is 0.138. The average molecular weight is 304 g/mol. The van der Waals surface area contributed by atoms with E-state index >= 15 is 0 Å². The van der Waals surface area contributed by atoms with Gasteiger partial charge >= 0.3 is 0 Å². The summed E-state index contributed by atoms with van der Waals surface area (Å²) in [6.07, 6.45) is 2.46. The SMILES string of the molecule is O=C(N[C@@H]1C[C@H]1c1ccccc1)c1c[nH]c(=O)c2ccccc12. The number of hydrogen-bond donors (Lipinski definition) is 2. The predicted octanol–water partition coefficient (Wildman–Crippen LogP) is 2.81. The molecule has 0 unspecified atom stereocenters. The van der Waals surface area contributed by atoms with Crippen molar-refractivity contribution in [2.45, 2.75) is 18.4 Å². The van der Waals surface area contributed by atoms with Gasteiger partial charge in [0.25, 0.3) is 11.5 Å². The molecule has 1 aliphatic rings. The van der Waals surface area contributed by atoms with E-state index in [1.165, 1.54) is 11.8 Å². The van der Waals surface area contributed by atoms with Crippen LogP contribution < -0.4 is 10.9 Å². The topological polar surface area (TPSA) is 62.0 Å². The van der Waals surface area contributed by atoms with E-state index in [2.05, 4.69) is 22.4 Å². The summed E-state index contributed by atoms with van der Waals surface area (Å²) in [7, 11) is 0. The van der Waals surface area contributed by atoms with Gasteiger partial charge in [-0.1, -0.05) is 48.5 Å². The highest BCUT2D eigenvalue weighted by molar-refractivity contribution is 6.06. The third kappa shape index (κ3) is 2.52. The van der Waals surface area contributed by atoms with Crippen molar-refractivity contribution in [1.29, 1.82) is 0 Å². The van der Waals surface area contributed by atoms with Crippen molar-refractivity contribution in [2.24, 2.45) is 0 Å². The maximum Gasteiger partial charge on any atom is 0.255 e. The van der Waals surface area contributed by atoms with Crippen molar-refractivity contribution in [1.82, 2.24) is 10.3 Å². The number of pyridine rings is 1. The summed E-state index contributed by atoms with van der Waals surface area (Å²) in [4.78, 5) is 27.0. The first kappa shape index (κ1) is 13.8. The lowest BCUT2D eigenvalue weighted by molar-refractivity contribution is 0.0951.